The summed E-state index contributed by atoms with van der Waals surface area (Å²) in [5.41, 5.74) is 4.90. The van der Waals surface area contributed by atoms with E-state index in [1.165, 1.54) is 48.8 Å². The molecule has 0 fully saturated rings. The fraction of sp³-hybridized carbons (Fsp3) is 0.667. The van der Waals surface area contributed by atoms with Crippen LogP contribution in [0.3, 0.4) is 0 Å². The average molecular weight is 262 g/mol. The van der Waals surface area contributed by atoms with Gasteiger partial charge in [-0.3, -0.25) is 0 Å². The summed E-state index contributed by atoms with van der Waals surface area (Å²) < 4.78 is 0. The van der Waals surface area contributed by atoms with Gasteiger partial charge in [-0.2, -0.15) is 0 Å². The molecular formula is C18H30O. The van der Waals surface area contributed by atoms with Gasteiger partial charge in [0.2, 0.25) is 0 Å². The normalized spacial score (nSPS) is 12.7. The molecule has 0 saturated heterocycles. The zero-order chi connectivity index (χ0) is 14.3. The molecule has 1 nitrogen and oxygen atoms in total. The summed E-state index contributed by atoms with van der Waals surface area (Å²) in [4.78, 5) is 0. The highest BCUT2D eigenvalue weighted by Crippen LogP contribution is 2.27. The first kappa shape index (κ1) is 16.2. The van der Waals surface area contributed by atoms with E-state index in [1.54, 1.807) is 0 Å². The van der Waals surface area contributed by atoms with Crippen LogP contribution in [0, 0.1) is 20.8 Å². The van der Waals surface area contributed by atoms with Crippen LogP contribution >= 0.6 is 0 Å². The Hall–Kier alpha value is -0.820. The molecule has 1 heteroatoms. The van der Waals surface area contributed by atoms with E-state index in [0.717, 1.165) is 18.4 Å². The van der Waals surface area contributed by atoms with Crippen molar-refractivity contribution in [1.82, 2.24) is 0 Å². The van der Waals surface area contributed by atoms with Gasteiger partial charge in [0.05, 0.1) is 6.10 Å². The highest BCUT2D eigenvalue weighted by molar-refractivity contribution is 5.38. The molecule has 0 amide bonds. The number of benzene rings is 1. The van der Waals surface area contributed by atoms with Crippen molar-refractivity contribution in [2.45, 2.75) is 78.7 Å². The first-order valence-corrected chi connectivity index (χ1v) is 7.82. The Morgan fingerprint density at radius 3 is 2.00 bits per heavy atom. The topological polar surface area (TPSA) is 20.2 Å². The SMILES string of the molecule is CCCCCCCCC(O)c1c(C)cc(C)cc1C. The lowest BCUT2D eigenvalue weighted by Crippen LogP contribution is -2.03. The van der Waals surface area contributed by atoms with Crippen LogP contribution < -0.4 is 0 Å². The summed E-state index contributed by atoms with van der Waals surface area (Å²) in [7, 11) is 0. The van der Waals surface area contributed by atoms with Gasteiger partial charge in [0.25, 0.3) is 0 Å². The third-order valence-electron chi connectivity index (χ3n) is 3.90. The van der Waals surface area contributed by atoms with Crippen molar-refractivity contribution in [3.8, 4) is 0 Å². The molecule has 1 rings (SSSR count). The maximum Gasteiger partial charge on any atom is 0.0795 e. The second kappa shape index (κ2) is 8.37. The second-order valence-corrected chi connectivity index (χ2v) is 5.88. The number of unbranched alkanes of at least 4 members (excludes halogenated alkanes) is 5. The number of aliphatic hydroxyl groups is 1. The summed E-state index contributed by atoms with van der Waals surface area (Å²) in [5.74, 6) is 0. The van der Waals surface area contributed by atoms with Crippen molar-refractivity contribution in [2.24, 2.45) is 0 Å². The second-order valence-electron chi connectivity index (χ2n) is 5.88. The quantitative estimate of drug-likeness (QED) is 0.622. The third kappa shape index (κ3) is 5.36. The van der Waals surface area contributed by atoms with E-state index in [1.807, 2.05) is 0 Å². The molecule has 0 aliphatic carbocycles. The molecule has 1 aromatic carbocycles. The lowest BCUT2D eigenvalue weighted by Gasteiger charge is -2.17. The molecule has 0 bridgehead atoms. The Morgan fingerprint density at radius 2 is 1.42 bits per heavy atom. The van der Waals surface area contributed by atoms with E-state index in [2.05, 4.69) is 39.8 Å². The minimum atomic E-state index is -0.285. The zero-order valence-electron chi connectivity index (χ0n) is 13.1. The number of hydrogen-bond acceptors (Lipinski definition) is 1. The van der Waals surface area contributed by atoms with Crippen LogP contribution in [-0.2, 0) is 0 Å². The molecule has 1 aromatic rings. The molecule has 0 aliphatic heterocycles. The first-order valence-electron chi connectivity index (χ1n) is 7.82. The van der Waals surface area contributed by atoms with E-state index >= 15 is 0 Å². The molecule has 1 atom stereocenters. The summed E-state index contributed by atoms with van der Waals surface area (Å²) in [6, 6.07) is 4.35. The van der Waals surface area contributed by atoms with Crippen molar-refractivity contribution >= 4 is 0 Å². The lowest BCUT2D eigenvalue weighted by molar-refractivity contribution is 0.162. The highest BCUT2D eigenvalue weighted by Gasteiger charge is 2.13. The predicted molar refractivity (Wildman–Crippen MR) is 83.6 cm³/mol. The summed E-state index contributed by atoms with van der Waals surface area (Å²) >= 11 is 0. The molecule has 0 saturated carbocycles. The van der Waals surface area contributed by atoms with Crippen LogP contribution in [-0.4, -0.2) is 5.11 Å². The Balaban J connectivity index is 2.43. The molecule has 19 heavy (non-hydrogen) atoms. The van der Waals surface area contributed by atoms with Gasteiger partial charge in [0.15, 0.2) is 0 Å². The van der Waals surface area contributed by atoms with Gasteiger partial charge in [-0.05, 0) is 43.9 Å². The zero-order valence-corrected chi connectivity index (χ0v) is 13.1. The molecule has 1 N–H and O–H groups in total. The van der Waals surface area contributed by atoms with Gasteiger partial charge >= 0.3 is 0 Å². The van der Waals surface area contributed by atoms with Gasteiger partial charge in [-0.25, -0.2) is 0 Å². The Bertz CT molecular complexity index is 358. The van der Waals surface area contributed by atoms with Crippen molar-refractivity contribution in [3.63, 3.8) is 0 Å². The molecule has 108 valence electrons. The van der Waals surface area contributed by atoms with Crippen LogP contribution in [0.4, 0.5) is 0 Å². The molecule has 0 aliphatic rings. The van der Waals surface area contributed by atoms with Crippen molar-refractivity contribution < 1.29 is 5.11 Å². The number of aryl methyl sites for hydroxylation is 3. The summed E-state index contributed by atoms with van der Waals surface area (Å²) in [6.07, 6.45) is 8.30. The molecule has 1 unspecified atom stereocenters. The number of hydrogen-bond donors (Lipinski definition) is 1. The van der Waals surface area contributed by atoms with Crippen molar-refractivity contribution in [2.75, 3.05) is 0 Å². The van der Waals surface area contributed by atoms with E-state index in [0.29, 0.717) is 0 Å². The largest absolute Gasteiger partial charge is 0.388 e. The standard InChI is InChI=1S/C18H30O/c1-5-6-7-8-9-10-11-17(19)18-15(3)12-14(2)13-16(18)4/h12-13,17,19H,5-11H2,1-4H3. The van der Waals surface area contributed by atoms with Gasteiger partial charge < -0.3 is 5.11 Å². The fourth-order valence-corrected chi connectivity index (χ4v) is 2.98. The third-order valence-corrected chi connectivity index (χ3v) is 3.90. The van der Waals surface area contributed by atoms with E-state index in [-0.39, 0.29) is 6.10 Å². The van der Waals surface area contributed by atoms with E-state index in [4.69, 9.17) is 0 Å². The predicted octanol–water partition coefficient (Wildman–Crippen LogP) is 5.40. The van der Waals surface area contributed by atoms with Crippen LogP contribution in [0.1, 0.15) is 80.2 Å². The molecule has 0 heterocycles. The lowest BCUT2D eigenvalue weighted by atomic mass is 9.93. The number of rotatable bonds is 8. The Morgan fingerprint density at radius 1 is 0.895 bits per heavy atom. The minimum absolute atomic E-state index is 0.285. The Labute approximate surface area is 119 Å². The van der Waals surface area contributed by atoms with Gasteiger partial charge in [0, 0.05) is 0 Å². The molecular weight excluding hydrogens is 232 g/mol. The van der Waals surface area contributed by atoms with Crippen LogP contribution in [0.5, 0.6) is 0 Å². The monoisotopic (exact) mass is 262 g/mol. The van der Waals surface area contributed by atoms with E-state index < -0.39 is 0 Å². The summed E-state index contributed by atoms with van der Waals surface area (Å²) in [5, 5.41) is 10.4. The number of aliphatic hydroxyl groups excluding tert-OH is 1. The van der Waals surface area contributed by atoms with E-state index in [9.17, 15) is 5.11 Å². The maximum absolute atomic E-state index is 10.4. The van der Waals surface area contributed by atoms with Gasteiger partial charge in [0.1, 0.15) is 0 Å². The molecule has 0 radical (unpaired) electrons. The smallest absolute Gasteiger partial charge is 0.0795 e. The van der Waals surface area contributed by atoms with Crippen LogP contribution in [0.2, 0.25) is 0 Å². The van der Waals surface area contributed by atoms with Gasteiger partial charge in [-0.15, -0.1) is 0 Å². The first-order chi connectivity index (χ1) is 9.06. The maximum atomic E-state index is 10.4. The Kier molecular flexibility index (Phi) is 7.15. The van der Waals surface area contributed by atoms with Crippen LogP contribution in [0.15, 0.2) is 12.1 Å². The highest BCUT2D eigenvalue weighted by atomic mass is 16.3. The summed E-state index contributed by atoms with van der Waals surface area (Å²) in [6.45, 7) is 8.58. The average Bonchev–Trinajstić information content (AvgIpc) is 2.32. The van der Waals surface area contributed by atoms with Gasteiger partial charge in [-0.1, -0.05) is 63.1 Å². The fourth-order valence-electron chi connectivity index (χ4n) is 2.98. The van der Waals surface area contributed by atoms with Crippen LogP contribution in [0.25, 0.3) is 0 Å². The molecule has 0 aromatic heterocycles. The van der Waals surface area contributed by atoms with Crippen molar-refractivity contribution in [1.29, 1.82) is 0 Å². The molecule has 0 spiro atoms. The minimum Gasteiger partial charge on any atom is -0.388 e. The van der Waals surface area contributed by atoms with Crippen molar-refractivity contribution in [3.05, 3.63) is 34.4 Å².